The van der Waals surface area contributed by atoms with Gasteiger partial charge >= 0.3 is 103 Å². The van der Waals surface area contributed by atoms with Crippen molar-refractivity contribution in [3.8, 4) is 79.3 Å². The maximum atomic E-state index is 13.2. The van der Waals surface area contributed by atoms with Crippen LogP contribution in [0.3, 0.4) is 0 Å². The van der Waals surface area contributed by atoms with E-state index in [1.807, 2.05) is 144 Å². The van der Waals surface area contributed by atoms with E-state index in [0.29, 0.717) is 51.4 Å². The number of aromatic amines is 1. The molecular weight excluding hydrogens is 1520 g/mol. The summed E-state index contributed by atoms with van der Waals surface area (Å²) in [6.45, 7) is -0.181. The Labute approximate surface area is 670 Å². The predicted molar refractivity (Wildman–Crippen MR) is 362 cm³/mol. The van der Waals surface area contributed by atoms with Gasteiger partial charge in [-0.25, -0.2) is 21.0 Å². The summed E-state index contributed by atoms with van der Waals surface area (Å²) in [5, 5.41) is 57.0. The number of tetrazole rings is 4. The number of hydrogen-bond acceptors (Lipinski definition) is 25. The van der Waals surface area contributed by atoms with Crippen molar-refractivity contribution in [3.63, 3.8) is 0 Å². The summed E-state index contributed by atoms with van der Waals surface area (Å²) in [4.78, 5) is 17.5. The molecule has 0 aliphatic carbocycles. The number of rotatable bonds is 14. The van der Waals surface area contributed by atoms with Crippen molar-refractivity contribution < 1.29 is 158 Å². The Balaban J connectivity index is 0.000000416. The molecular formula is C60H59Cl2IK2N17O12S3-. The van der Waals surface area contributed by atoms with Crippen LogP contribution in [0.4, 0.5) is 5.69 Å². The number of aromatic nitrogens is 16. The number of nitrogens with one attached hydrogen (secondary N) is 1. The zero-order valence-electron chi connectivity index (χ0n) is 54.0. The van der Waals surface area contributed by atoms with E-state index in [1.165, 1.54) is 33.6 Å². The van der Waals surface area contributed by atoms with Crippen LogP contribution in [0.1, 0.15) is 6.99 Å². The molecule has 0 saturated carbocycles. The number of carbonyl (C=O) groups is 1. The normalized spacial score (nSPS) is 10.4. The van der Waals surface area contributed by atoms with E-state index in [0.717, 1.165) is 39.1 Å². The molecule has 12 rings (SSSR count). The first-order chi connectivity index (χ1) is 45.7. The van der Waals surface area contributed by atoms with E-state index in [2.05, 4.69) is 122 Å². The first kappa shape index (κ1) is 84.6. The number of nitrogens with two attached hydrogens (primary N) is 1. The SMILES string of the molecule is CI.COc1ccc(-c2ccccc2)cc1CS(=O)(=O)c1cccc(-c2nnn(C)n2)c1.COc1ccc(-c2ccccc2)cc1N.Cn1nnc(-c2cccc(S(=O)(=O)Cl)c2)n1.Cn1nnc(-c2ccccc2)n1.O=CO[O-].O=S([O-])OCl.[H-].[K+].[K+].c1ccc(-c2nn[nH]n2)cc1. The van der Waals surface area contributed by atoms with Crippen molar-refractivity contribution in [2.75, 3.05) is 24.9 Å². The molecule has 0 saturated heterocycles. The van der Waals surface area contributed by atoms with Gasteiger partial charge in [-0.3, -0.25) is 4.79 Å². The molecule has 0 aliphatic heterocycles. The Morgan fingerprint density at radius 3 is 1.28 bits per heavy atom. The van der Waals surface area contributed by atoms with Crippen LogP contribution in [0.2, 0.25) is 0 Å². The van der Waals surface area contributed by atoms with Crippen LogP contribution >= 0.6 is 45.1 Å². The number of methoxy groups -OCH3 is 2. The Kier molecular flexibility index (Phi) is 39.4. The number of benzene rings is 8. The number of nitrogen functional groups attached to an aromatic ring is 1. The molecule has 0 fully saturated rings. The largest absolute Gasteiger partial charge is 1.00 e. The Bertz CT molecular complexity index is 4520. The van der Waals surface area contributed by atoms with Gasteiger partial charge in [0.25, 0.3) is 15.5 Å². The number of alkyl halides is 1. The van der Waals surface area contributed by atoms with E-state index in [4.69, 9.17) is 44.7 Å². The molecule has 0 bridgehead atoms. The number of sulfone groups is 1. The summed E-state index contributed by atoms with van der Waals surface area (Å²) in [6, 6.07) is 63.4. The number of aryl methyl sites for hydroxylation is 3. The number of H-pyrrole nitrogens is 1. The molecule has 4 aromatic heterocycles. The standard InChI is InChI=1S/C22H20N4O3S.C13H13NO.C8H7ClN4O2S.C8H8N4.C7H6N4.CH3I.CH2O3.ClHO3S.2K.H/c1-26-24-22(23-25-26)18-9-6-10-20(14-18)30(27,28)15-19-13-17(11-12-21(19)29-2)16-7-4-3-5-8-16;1-15-13-8-7-11(9-12(13)14)10-5-3-2-4-6-10;1-13-11-8(10-12-13)6-3-2-4-7(5-6)16(9,14)15;1-12-10-8(9-11-12)7-5-3-2-4-6-7;1-2-4-6(5-3-1)7-8-10-11-9-7;1-2;2-1-4-3;1-4-5(2)3;;;/h3-14H,15H2,1-2H3;2-9H,14H2,1H3;2-5H,1H3;2-6H,1H3;1-5H,(H,8,9,10,11);1H3;1,3H;(H,2,3);;;/q;;;;;;;;2*+1;-1/p-2. The molecule has 3 N–H and O–H groups in total. The van der Waals surface area contributed by atoms with Crippen LogP contribution in [-0.4, -0.2) is 132 Å². The summed E-state index contributed by atoms with van der Waals surface area (Å²) >= 11 is 3.82. The third kappa shape index (κ3) is 29.0. The van der Waals surface area contributed by atoms with E-state index in [-0.39, 0.29) is 126 Å². The van der Waals surface area contributed by atoms with Gasteiger partial charge in [0, 0.05) is 38.5 Å². The van der Waals surface area contributed by atoms with Crippen molar-refractivity contribution in [2.24, 2.45) is 21.1 Å². The average molecular weight is 1580 g/mol. The maximum Gasteiger partial charge on any atom is 1.00 e. The monoisotopic (exact) mass is 1580 g/mol. The van der Waals surface area contributed by atoms with Crippen molar-refractivity contribution >= 4 is 87.5 Å². The minimum atomic E-state index is -3.74. The van der Waals surface area contributed by atoms with E-state index < -0.39 is 30.2 Å². The first-order valence-electron chi connectivity index (χ1n) is 26.9. The van der Waals surface area contributed by atoms with Crippen molar-refractivity contribution in [1.82, 2.24) is 81.2 Å². The van der Waals surface area contributed by atoms with Gasteiger partial charge in [0.05, 0.1) is 68.5 Å². The van der Waals surface area contributed by atoms with Gasteiger partial charge in [-0.2, -0.15) is 23.3 Å². The fraction of sp³-hybridized carbons (Fsp3) is 0.117. The van der Waals surface area contributed by atoms with Gasteiger partial charge < -0.3 is 31.3 Å². The molecule has 0 amide bonds. The fourth-order valence-corrected chi connectivity index (χ4v) is 10.00. The zero-order chi connectivity index (χ0) is 69.2. The molecule has 29 nitrogen and oxygen atoms in total. The molecule has 1 atom stereocenters. The number of nitrogens with zero attached hydrogens (tertiary/aromatic N) is 15. The van der Waals surface area contributed by atoms with Gasteiger partial charge in [0.2, 0.25) is 23.3 Å². The number of halogens is 3. The predicted octanol–water partition coefficient (Wildman–Crippen LogP) is 2.58. The zero-order valence-corrected chi connectivity index (χ0v) is 65.3. The summed E-state index contributed by atoms with van der Waals surface area (Å²) in [7, 11) is 6.05. The van der Waals surface area contributed by atoms with Crippen LogP contribution in [0.5, 0.6) is 11.5 Å². The van der Waals surface area contributed by atoms with Gasteiger partial charge in [0.15, 0.2) is 9.84 Å². The van der Waals surface area contributed by atoms with Crippen LogP contribution in [0, 0.1) is 0 Å². The Morgan fingerprint density at radius 1 is 0.546 bits per heavy atom. The molecule has 12 aromatic rings. The average Bonchev–Trinajstić information content (AvgIpc) is 1.03. The number of hydrogen-bond donors (Lipinski definition) is 2. The molecule has 0 radical (unpaired) electrons. The quantitative estimate of drug-likeness (QED) is 0.0182. The van der Waals surface area contributed by atoms with Gasteiger partial charge in [-0.05, 0) is 96.6 Å². The second kappa shape index (κ2) is 45.2. The topological polar surface area (TPSA) is 397 Å². The first-order valence-corrected chi connectivity index (χ1v) is 34.3. The molecule has 0 aliphatic rings. The number of carbonyl (C=O) groups excluding carboxylic acids is 1. The summed E-state index contributed by atoms with van der Waals surface area (Å²) in [6.07, 6.45) is 0. The fourth-order valence-electron chi connectivity index (χ4n) is 7.81. The van der Waals surface area contributed by atoms with Gasteiger partial charge in [0.1, 0.15) is 22.9 Å². The minimum absolute atomic E-state index is 0. The van der Waals surface area contributed by atoms with E-state index >= 15 is 0 Å². The molecule has 498 valence electrons. The number of anilines is 1. The van der Waals surface area contributed by atoms with Gasteiger partial charge in [-0.15, -0.1) is 40.8 Å². The molecule has 4 heterocycles. The third-order valence-corrected chi connectivity index (χ3v) is 15.3. The van der Waals surface area contributed by atoms with Crippen LogP contribution in [0.15, 0.2) is 216 Å². The maximum absolute atomic E-state index is 13.2. The third-order valence-electron chi connectivity index (χ3n) is 11.9. The van der Waals surface area contributed by atoms with Crippen LogP contribution in [-0.2, 0) is 70.6 Å². The molecule has 0 spiro atoms. The van der Waals surface area contributed by atoms with E-state index in [1.54, 1.807) is 70.7 Å². The van der Waals surface area contributed by atoms with Gasteiger partial charge in [-0.1, -0.05) is 180 Å². The minimum Gasteiger partial charge on any atom is -1.00 e. The molecule has 37 heteroatoms. The molecule has 1 unspecified atom stereocenters. The second-order valence-corrected chi connectivity index (χ2v) is 23.7. The Morgan fingerprint density at radius 2 is 0.918 bits per heavy atom. The van der Waals surface area contributed by atoms with E-state index in [9.17, 15) is 16.8 Å². The van der Waals surface area contributed by atoms with Crippen molar-refractivity contribution in [1.29, 1.82) is 0 Å². The number of ether oxygens (including phenoxy) is 2. The molecule has 97 heavy (non-hydrogen) atoms. The van der Waals surface area contributed by atoms with Crippen molar-refractivity contribution in [3.05, 3.63) is 212 Å². The summed E-state index contributed by atoms with van der Waals surface area (Å²) in [5.41, 5.74) is 14.4. The van der Waals surface area contributed by atoms with Crippen LogP contribution < -0.4 is 123 Å². The summed E-state index contributed by atoms with van der Waals surface area (Å²) in [5.74, 6) is 3.08. The molecule has 8 aromatic carbocycles. The summed E-state index contributed by atoms with van der Waals surface area (Å²) < 4.78 is 80.3. The van der Waals surface area contributed by atoms with Crippen molar-refractivity contribution in [2.45, 2.75) is 15.5 Å². The second-order valence-electron chi connectivity index (χ2n) is 18.2. The smallest absolute Gasteiger partial charge is 1.00 e. The Hall–Kier alpha value is -6.58. The van der Waals surface area contributed by atoms with Crippen LogP contribution in [0.25, 0.3) is 67.8 Å².